The number of pyridine rings is 1. The first kappa shape index (κ1) is 24.9. The van der Waals surface area contributed by atoms with Crippen LogP contribution in [-0.4, -0.2) is 58.4 Å². The normalized spacial score (nSPS) is 11.7. The van der Waals surface area contributed by atoms with Crippen LogP contribution in [0.1, 0.15) is 39.9 Å². The number of rotatable bonds is 8. The quantitative estimate of drug-likeness (QED) is 0.215. The predicted octanol–water partition coefficient (Wildman–Crippen LogP) is 2.36. The summed E-state index contributed by atoms with van der Waals surface area (Å²) in [6.45, 7) is 9.95. The number of aromatic nitrogens is 3. The van der Waals surface area contributed by atoms with Gasteiger partial charge >= 0.3 is 6.09 Å². The minimum Gasteiger partial charge on any atom is -0.444 e. The Morgan fingerprint density at radius 3 is 2.66 bits per heavy atom. The van der Waals surface area contributed by atoms with Crippen molar-refractivity contribution >= 4 is 41.7 Å². The molecule has 0 aliphatic carbocycles. The highest BCUT2D eigenvalue weighted by Crippen LogP contribution is 2.06. The lowest BCUT2D eigenvalue weighted by Crippen LogP contribution is -2.42. The summed E-state index contributed by atoms with van der Waals surface area (Å²) in [5.74, 6) is 1.66. The maximum absolute atomic E-state index is 11.6. The number of hydrogen-bond donors (Lipinski definition) is 3. The van der Waals surface area contributed by atoms with Crippen LogP contribution in [0.2, 0.25) is 0 Å². The molecule has 1 amide bonds. The fraction of sp³-hybridized carbons (Fsp3) is 0.579. The van der Waals surface area contributed by atoms with E-state index < -0.39 is 11.7 Å². The zero-order valence-corrected chi connectivity index (χ0v) is 19.9. The number of carbonyl (C=O) groups excluding carboxylic acids is 1. The Labute approximate surface area is 189 Å². The molecule has 10 heteroatoms. The number of nitrogens with one attached hydrogen (secondary N) is 3. The third-order valence-corrected chi connectivity index (χ3v) is 3.64. The van der Waals surface area contributed by atoms with Crippen molar-refractivity contribution in [2.24, 2.45) is 4.99 Å². The monoisotopic (exact) mass is 517 g/mol. The van der Waals surface area contributed by atoms with Crippen molar-refractivity contribution < 1.29 is 9.53 Å². The molecule has 0 aromatic carbocycles. The van der Waals surface area contributed by atoms with E-state index in [-0.39, 0.29) is 24.0 Å². The van der Waals surface area contributed by atoms with Gasteiger partial charge in [0, 0.05) is 38.8 Å². The molecule has 0 unspecified atom stereocenters. The van der Waals surface area contributed by atoms with Gasteiger partial charge in [-0.1, -0.05) is 6.07 Å². The minimum absolute atomic E-state index is 0. The summed E-state index contributed by atoms with van der Waals surface area (Å²) in [5.41, 5.74) is 0.359. The number of nitrogens with zero attached hydrogens (tertiary/aromatic N) is 4. The van der Waals surface area contributed by atoms with Gasteiger partial charge in [-0.2, -0.15) is 0 Å². The number of hydrogen-bond acceptors (Lipinski definition) is 5. The lowest BCUT2D eigenvalue weighted by molar-refractivity contribution is 0.0529. The van der Waals surface area contributed by atoms with E-state index in [1.54, 1.807) is 0 Å². The van der Waals surface area contributed by atoms with Gasteiger partial charge in [0.2, 0.25) is 0 Å². The molecule has 3 N–H and O–H groups in total. The number of fused-ring (bicyclic) bond motifs is 1. The largest absolute Gasteiger partial charge is 0.444 e. The summed E-state index contributed by atoms with van der Waals surface area (Å²) in [6, 6.07) is 5.85. The topological polar surface area (TPSA) is 105 Å². The predicted molar refractivity (Wildman–Crippen MR) is 125 cm³/mol. The summed E-state index contributed by atoms with van der Waals surface area (Å²) in [4.78, 5) is 16.2. The summed E-state index contributed by atoms with van der Waals surface area (Å²) in [7, 11) is 0. The van der Waals surface area contributed by atoms with Crippen LogP contribution < -0.4 is 16.0 Å². The van der Waals surface area contributed by atoms with Gasteiger partial charge < -0.3 is 20.7 Å². The fourth-order valence-corrected chi connectivity index (χ4v) is 2.49. The number of aryl methyl sites for hydroxylation is 1. The smallest absolute Gasteiger partial charge is 0.407 e. The fourth-order valence-electron chi connectivity index (χ4n) is 2.49. The zero-order chi connectivity index (χ0) is 20.4. The molecule has 0 saturated carbocycles. The van der Waals surface area contributed by atoms with Crippen LogP contribution in [0, 0.1) is 0 Å². The van der Waals surface area contributed by atoms with Crippen molar-refractivity contribution in [3.05, 3.63) is 30.2 Å². The first-order chi connectivity index (χ1) is 13.4. The Kier molecular flexibility index (Phi) is 10.7. The second kappa shape index (κ2) is 12.5. The molecule has 2 aromatic rings. The molecule has 2 rings (SSSR count). The Morgan fingerprint density at radius 2 is 1.93 bits per heavy atom. The van der Waals surface area contributed by atoms with Crippen molar-refractivity contribution in [1.29, 1.82) is 0 Å². The average Bonchev–Trinajstić information content (AvgIpc) is 3.04. The van der Waals surface area contributed by atoms with Crippen LogP contribution >= 0.6 is 24.0 Å². The van der Waals surface area contributed by atoms with Gasteiger partial charge in [-0.15, -0.1) is 34.2 Å². The molecule has 2 heterocycles. The molecular weight excluding hydrogens is 485 g/mol. The molecule has 2 aromatic heterocycles. The summed E-state index contributed by atoms with van der Waals surface area (Å²) < 4.78 is 7.20. The molecule has 0 aliphatic heterocycles. The molecular formula is C19H32IN7O2. The van der Waals surface area contributed by atoms with Crippen molar-refractivity contribution in [1.82, 2.24) is 30.5 Å². The molecule has 0 bridgehead atoms. The molecule has 0 fully saturated rings. The van der Waals surface area contributed by atoms with Crippen LogP contribution in [-0.2, 0) is 11.2 Å². The van der Waals surface area contributed by atoms with E-state index in [2.05, 4.69) is 31.1 Å². The van der Waals surface area contributed by atoms with E-state index in [1.807, 2.05) is 56.5 Å². The number of guanidine groups is 1. The first-order valence-electron chi connectivity index (χ1n) is 9.66. The third-order valence-electron chi connectivity index (χ3n) is 3.64. The number of carbonyl (C=O) groups is 1. The molecule has 0 saturated heterocycles. The maximum Gasteiger partial charge on any atom is 0.407 e. The number of ether oxygens (including phenoxy) is 1. The average molecular weight is 517 g/mol. The van der Waals surface area contributed by atoms with Crippen LogP contribution in [0.25, 0.3) is 5.65 Å². The second-order valence-electron chi connectivity index (χ2n) is 7.26. The van der Waals surface area contributed by atoms with Gasteiger partial charge in [0.1, 0.15) is 11.4 Å². The Bertz CT molecular complexity index is 786. The van der Waals surface area contributed by atoms with Crippen molar-refractivity contribution in [3.63, 3.8) is 0 Å². The highest BCUT2D eigenvalue weighted by molar-refractivity contribution is 14.0. The van der Waals surface area contributed by atoms with Crippen LogP contribution in [0.4, 0.5) is 4.79 Å². The highest BCUT2D eigenvalue weighted by atomic mass is 127. The van der Waals surface area contributed by atoms with E-state index >= 15 is 0 Å². The lowest BCUT2D eigenvalue weighted by atomic mass is 10.2. The molecule has 0 spiro atoms. The second-order valence-corrected chi connectivity index (χ2v) is 7.26. The summed E-state index contributed by atoms with van der Waals surface area (Å²) in [6.07, 6.45) is 3.21. The number of alkyl carbamates (subject to hydrolysis) is 1. The molecule has 29 heavy (non-hydrogen) atoms. The van der Waals surface area contributed by atoms with Gasteiger partial charge in [-0.05, 0) is 46.2 Å². The zero-order valence-electron chi connectivity index (χ0n) is 17.6. The number of aliphatic imine (C=N–C) groups is 1. The van der Waals surface area contributed by atoms with Gasteiger partial charge in [0.15, 0.2) is 11.6 Å². The molecule has 0 atom stereocenters. The molecule has 162 valence electrons. The molecule has 0 radical (unpaired) electrons. The SMILES string of the molecule is CCNC(=NCCCc1nnc2ccccn12)NCCNC(=O)OC(C)(C)C.I. The van der Waals surface area contributed by atoms with Crippen molar-refractivity contribution in [3.8, 4) is 0 Å². The minimum atomic E-state index is -0.496. The molecule has 0 aliphatic rings. The van der Waals surface area contributed by atoms with Gasteiger partial charge in [0.25, 0.3) is 0 Å². The Balaban J connectivity index is 0.00000420. The number of halogens is 1. The van der Waals surface area contributed by atoms with Crippen LogP contribution in [0.5, 0.6) is 0 Å². The summed E-state index contributed by atoms with van der Waals surface area (Å²) in [5, 5.41) is 17.5. The van der Waals surface area contributed by atoms with E-state index in [0.717, 1.165) is 36.8 Å². The van der Waals surface area contributed by atoms with Gasteiger partial charge in [-0.25, -0.2) is 4.79 Å². The van der Waals surface area contributed by atoms with E-state index in [0.29, 0.717) is 19.6 Å². The van der Waals surface area contributed by atoms with E-state index in [9.17, 15) is 4.79 Å². The van der Waals surface area contributed by atoms with Crippen molar-refractivity contribution in [2.75, 3.05) is 26.2 Å². The van der Waals surface area contributed by atoms with Gasteiger partial charge in [-0.3, -0.25) is 9.39 Å². The first-order valence-corrected chi connectivity index (χ1v) is 9.66. The third kappa shape index (κ3) is 9.29. The van der Waals surface area contributed by atoms with Crippen molar-refractivity contribution in [2.45, 2.75) is 46.1 Å². The van der Waals surface area contributed by atoms with E-state index in [4.69, 9.17) is 4.74 Å². The Morgan fingerprint density at radius 1 is 1.17 bits per heavy atom. The van der Waals surface area contributed by atoms with E-state index in [1.165, 1.54) is 0 Å². The lowest BCUT2D eigenvalue weighted by Gasteiger charge is -2.19. The van der Waals surface area contributed by atoms with Crippen LogP contribution in [0.3, 0.4) is 0 Å². The Hall–Kier alpha value is -2.11. The number of amides is 1. The van der Waals surface area contributed by atoms with Gasteiger partial charge in [0.05, 0.1) is 0 Å². The maximum atomic E-state index is 11.6. The van der Waals surface area contributed by atoms with Crippen LogP contribution in [0.15, 0.2) is 29.4 Å². The molecule has 9 nitrogen and oxygen atoms in total. The summed E-state index contributed by atoms with van der Waals surface area (Å²) >= 11 is 0. The highest BCUT2D eigenvalue weighted by Gasteiger charge is 2.15. The standard InChI is InChI=1S/C19H31N7O2.HI/c1-5-20-17(22-12-13-23-18(27)28-19(2,3)4)21-11-8-10-16-25-24-15-9-6-7-14-26(15)16;/h6-7,9,14H,5,8,10-13H2,1-4H3,(H,23,27)(H2,20,21,22);1H.